The number of methoxy groups -OCH3 is 1. The number of benzene rings is 2. The number of nitrogens with zero attached hydrogens (tertiary/aromatic N) is 1. The summed E-state index contributed by atoms with van der Waals surface area (Å²) in [5.74, 6) is 0.805. The predicted octanol–water partition coefficient (Wildman–Crippen LogP) is 2.70. The van der Waals surface area contributed by atoms with E-state index in [4.69, 9.17) is 14.2 Å². The van der Waals surface area contributed by atoms with E-state index in [2.05, 4.69) is 5.32 Å². The molecule has 0 spiro atoms. The number of carbonyl (C=O) groups is 1. The summed E-state index contributed by atoms with van der Waals surface area (Å²) in [6.45, 7) is 2.60. The van der Waals surface area contributed by atoms with Crippen LogP contribution < -0.4 is 19.5 Å². The molecule has 0 bridgehead atoms. The van der Waals surface area contributed by atoms with Crippen molar-refractivity contribution < 1.29 is 23.9 Å². The highest BCUT2D eigenvalue weighted by molar-refractivity contribution is 5.77. The third-order valence-corrected chi connectivity index (χ3v) is 3.42. The van der Waals surface area contributed by atoms with Crippen LogP contribution in [0.4, 0.5) is 5.69 Å². The van der Waals surface area contributed by atoms with Gasteiger partial charge in [0.2, 0.25) is 5.75 Å². The summed E-state index contributed by atoms with van der Waals surface area (Å²) in [6, 6.07) is 11.5. The normalized spacial score (nSPS) is 10.1. The first-order valence-electron chi connectivity index (χ1n) is 7.97. The number of nitro benzene ring substituents is 1. The molecule has 2 rings (SSSR count). The molecule has 0 unspecified atom stereocenters. The van der Waals surface area contributed by atoms with Gasteiger partial charge in [-0.1, -0.05) is 12.1 Å². The number of hydrogen-bond donors (Lipinski definition) is 1. The lowest BCUT2D eigenvalue weighted by Crippen LogP contribution is -2.28. The third-order valence-electron chi connectivity index (χ3n) is 3.42. The van der Waals surface area contributed by atoms with Crippen molar-refractivity contribution in [3.63, 3.8) is 0 Å². The monoisotopic (exact) mass is 360 g/mol. The van der Waals surface area contributed by atoms with Crippen LogP contribution in [0.15, 0.2) is 42.5 Å². The first-order valence-corrected chi connectivity index (χ1v) is 7.97. The molecule has 0 aliphatic heterocycles. The first kappa shape index (κ1) is 19.0. The molecule has 0 aliphatic rings. The molecule has 26 heavy (non-hydrogen) atoms. The average Bonchev–Trinajstić information content (AvgIpc) is 2.65. The Morgan fingerprint density at radius 3 is 2.62 bits per heavy atom. The minimum atomic E-state index is -0.550. The molecule has 2 aromatic carbocycles. The number of hydrogen-bond acceptors (Lipinski definition) is 6. The highest BCUT2D eigenvalue weighted by Gasteiger charge is 2.15. The Labute approximate surface area is 150 Å². The van der Waals surface area contributed by atoms with Crippen LogP contribution >= 0.6 is 0 Å². The smallest absolute Gasteiger partial charge is 0.311 e. The fraction of sp³-hybridized carbons (Fsp3) is 0.278. The van der Waals surface area contributed by atoms with Crippen LogP contribution in [0.3, 0.4) is 0 Å². The minimum Gasteiger partial charge on any atom is -0.494 e. The number of nitro groups is 1. The van der Waals surface area contributed by atoms with E-state index in [9.17, 15) is 14.9 Å². The summed E-state index contributed by atoms with van der Waals surface area (Å²) in [7, 11) is 1.33. The Morgan fingerprint density at radius 2 is 1.92 bits per heavy atom. The fourth-order valence-corrected chi connectivity index (χ4v) is 2.21. The largest absolute Gasteiger partial charge is 0.494 e. The second kappa shape index (κ2) is 9.26. The summed E-state index contributed by atoms with van der Waals surface area (Å²) in [4.78, 5) is 22.2. The van der Waals surface area contributed by atoms with Crippen LogP contribution in [0.25, 0.3) is 0 Å². The average molecular weight is 360 g/mol. The summed E-state index contributed by atoms with van der Waals surface area (Å²) in [5.41, 5.74) is 0.736. The van der Waals surface area contributed by atoms with Gasteiger partial charge in [0.25, 0.3) is 5.91 Å². The standard InChI is InChI=1S/C18H20N2O6/c1-3-25-14-6-4-5-13(9-14)11-19-18(21)12-26-15-7-8-16(20(22)23)17(10-15)24-2/h4-10H,3,11-12H2,1-2H3,(H,19,21). The summed E-state index contributed by atoms with van der Waals surface area (Å²) < 4.78 is 15.7. The van der Waals surface area contributed by atoms with Crippen LogP contribution in [0, 0.1) is 10.1 Å². The van der Waals surface area contributed by atoms with Gasteiger partial charge in [-0.2, -0.15) is 0 Å². The Hall–Kier alpha value is -3.29. The molecule has 1 N–H and O–H groups in total. The van der Waals surface area contributed by atoms with Gasteiger partial charge in [0, 0.05) is 18.7 Å². The molecule has 1 amide bonds. The molecule has 0 saturated carbocycles. The SMILES string of the molecule is CCOc1cccc(CNC(=O)COc2ccc([N+](=O)[O-])c(OC)c2)c1. The highest BCUT2D eigenvalue weighted by atomic mass is 16.6. The Kier molecular flexibility index (Phi) is 6.78. The van der Waals surface area contributed by atoms with E-state index >= 15 is 0 Å². The van der Waals surface area contributed by atoms with Crippen molar-refractivity contribution in [1.29, 1.82) is 0 Å². The zero-order valence-corrected chi connectivity index (χ0v) is 14.6. The Balaban J connectivity index is 1.87. The van der Waals surface area contributed by atoms with Gasteiger partial charge in [0.15, 0.2) is 6.61 Å². The summed E-state index contributed by atoms with van der Waals surface area (Å²) in [5, 5.41) is 13.6. The van der Waals surface area contributed by atoms with Crippen LogP contribution in [0.5, 0.6) is 17.2 Å². The molecular weight excluding hydrogens is 340 g/mol. The van der Waals surface area contributed by atoms with E-state index in [1.165, 1.54) is 25.3 Å². The number of ether oxygens (including phenoxy) is 3. The molecule has 0 atom stereocenters. The van der Waals surface area contributed by atoms with Crippen molar-refractivity contribution >= 4 is 11.6 Å². The van der Waals surface area contributed by atoms with Gasteiger partial charge >= 0.3 is 5.69 Å². The van der Waals surface area contributed by atoms with E-state index < -0.39 is 4.92 Å². The number of nitrogens with one attached hydrogen (secondary N) is 1. The molecule has 138 valence electrons. The van der Waals surface area contributed by atoms with Crippen molar-refractivity contribution in [1.82, 2.24) is 5.32 Å². The Morgan fingerprint density at radius 1 is 1.15 bits per heavy atom. The van der Waals surface area contributed by atoms with Crippen LogP contribution in [0.2, 0.25) is 0 Å². The fourth-order valence-electron chi connectivity index (χ4n) is 2.21. The van der Waals surface area contributed by atoms with Gasteiger partial charge in [-0.25, -0.2) is 0 Å². The van der Waals surface area contributed by atoms with E-state index in [0.29, 0.717) is 18.9 Å². The van der Waals surface area contributed by atoms with Crippen molar-refractivity contribution in [2.45, 2.75) is 13.5 Å². The third kappa shape index (κ3) is 5.37. The molecule has 8 heteroatoms. The van der Waals surface area contributed by atoms with Gasteiger partial charge in [0.05, 0.1) is 18.6 Å². The summed E-state index contributed by atoms with van der Waals surface area (Å²) in [6.07, 6.45) is 0. The lowest BCUT2D eigenvalue weighted by molar-refractivity contribution is -0.385. The lowest BCUT2D eigenvalue weighted by atomic mass is 10.2. The number of amides is 1. The summed E-state index contributed by atoms with van der Waals surface area (Å²) >= 11 is 0. The molecule has 0 radical (unpaired) electrons. The molecule has 8 nitrogen and oxygen atoms in total. The van der Waals surface area contributed by atoms with Crippen LogP contribution in [-0.2, 0) is 11.3 Å². The number of carbonyl (C=O) groups excluding carboxylic acids is 1. The van der Waals surface area contributed by atoms with E-state index in [0.717, 1.165) is 11.3 Å². The van der Waals surface area contributed by atoms with Crippen molar-refractivity contribution in [2.24, 2.45) is 0 Å². The van der Waals surface area contributed by atoms with Gasteiger partial charge in [-0.05, 0) is 30.7 Å². The molecule has 0 aromatic heterocycles. The maximum Gasteiger partial charge on any atom is 0.311 e. The van der Waals surface area contributed by atoms with Crippen LogP contribution in [0.1, 0.15) is 12.5 Å². The molecular formula is C18H20N2O6. The molecule has 2 aromatic rings. The predicted molar refractivity (Wildman–Crippen MR) is 94.6 cm³/mol. The molecule has 0 fully saturated rings. The van der Waals surface area contributed by atoms with Crippen LogP contribution in [-0.4, -0.2) is 31.2 Å². The van der Waals surface area contributed by atoms with E-state index in [1.54, 1.807) is 0 Å². The van der Waals surface area contributed by atoms with Gasteiger partial charge in [-0.15, -0.1) is 0 Å². The molecule has 0 aliphatic carbocycles. The first-order chi connectivity index (χ1) is 12.5. The van der Waals surface area contributed by atoms with Gasteiger partial charge in [-0.3, -0.25) is 14.9 Å². The molecule has 0 saturated heterocycles. The van der Waals surface area contributed by atoms with Crippen molar-refractivity contribution in [3.05, 3.63) is 58.1 Å². The van der Waals surface area contributed by atoms with E-state index in [1.807, 2.05) is 31.2 Å². The zero-order chi connectivity index (χ0) is 18.9. The van der Waals surface area contributed by atoms with Crippen molar-refractivity contribution in [3.8, 4) is 17.2 Å². The molecule has 0 heterocycles. The zero-order valence-electron chi connectivity index (χ0n) is 14.6. The van der Waals surface area contributed by atoms with Crippen molar-refractivity contribution in [2.75, 3.05) is 20.3 Å². The second-order valence-corrected chi connectivity index (χ2v) is 5.24. The topological polar surface area (TPSA) is 99.9 Å². The van der Waals surface area contributed by atoms with Gasteiger partial charge < -0.3 is 19.5 Å². The Bertz CT molecular complexity index is 778. The number of rotatable bonds is 9. The lowest BCUT2D eigenvalue weighted by Gasteiger charge is -2.10. The highest BCUT2D eigenvalue weighted by Crippen LogP contribution is 2.30. The van der Waals surface area contributed by atoms with Gasteiger partial charge in [0.1, 0.15) is 11.5 Å². The second-order valence-electron chi connectivity index (χ2n) is 5.24. The van der Waals surface area contributed by atoms with E-state index in [-0.39, 0.29) is 24.0 Å². The minimum absolute atomic E-state index is 0.0700. The maximum absolute atomic E-state index is 11.9. The quantitative estimate of drug-likeness (QED) is 0.545. The maximum atomic E-state index is 11.9.